The Morgan fingerprint density at radius 2 is 1.83 bits per heavy atom. The van der Waals surface area contributed by atoms with E-state index in [1.807, 2.05) is 37.5 Å². The van der Waals surface area contributed by atoms with Crippen molar-refractivity contribution < 1.29 is 14.0 Å². The Morgan fingerprint density at radius 3 is 2.57 bits per heavy atom. The fourth-order valence-electron chi connectivity index (χ4n) is 2.89. The second kappa shape index (κ2) is 9.08. The van der Waals surface area contributed by atoms with Crippen molar-refractivity contribution in [1.82, 2.24) is 14.8 Å². The molecule has 0 aliphatic rings. The zero-order valence-corrected chi connectivity index (χ0v) is 17.9. The Labute approximate surface area is 178 Å². The number of benzene rings is 2. The van der Waals surface area contributed by atoms with E-state index in [0.717, 1.165) is 22.6 Å². The van der Waals surface area contributed by atoms with Crippen LogP contribution in [-0.4, -0.2) is 32.3 Å². The van der Waals surface area contributed by atoms with E-state index in [2.05, 4.69) is 26.9 Å². The second-order valence-corrected chi connectivity index (χ2v) is 7.81. The highest BCUT2D eigenvalue weighted by molar-refractivity contribution is 7.99. The molecule has 1 heterocycles. The fraction of sp³-hybridized carbons (Fsp3) is 0.238. The van der Waals surface area contributed by atoms with Crippen LogP contribution in [0.25, 0.3) is 5.69 Å². The first kappa shape index (κ1) is 21.5. The van der Waals surface area contributed by atoms with Gasteiger partial charge in [0.1, 0.15) is 11.6 Å². The van der Waals surface area contributed by atoms with Crippen LogP contribution in [0.1, 0.15) is 23.9 Å². The lowest BCUT2D eigenvalue weighted by molar-refractivity contribution is -0.114. The number of anilines is 2. The second-order valence-electron chi connectivity index (χ2n) is 6.87. The Hall–Kier alpha value is -3.20. The minimum absolute atomic E-state index is 0.0123. The largest absolute Gasteiger partial charge is 0.325 e. The van der Waals surface area contributed by atoms with Crippen molar-refractivity contribution in [3.8, 4) is 5.69 Å². The summed E-state index contributed by atoms with van der Waals surface area (Å²) in [4.78, 5) is 23.6. The summed E-state index contributed by atoms with van der Waals surface area (Å²) >= 11 is 1.26. The van der Waals surface area contributed by atoms with Crippen LogP contribution in [-0.2, 0) is 9.59 Å². The number of aromatic nitrogens is 3. The van der Waals surface area contributed by atoms with Crippen LogP contribution in [0.3, 0.4) is 0 Å². The molecule has 0 bridgehead atoms. The molecule has 156 valence electrons. The molecular formula is C21H22FN5O2S. The van der Waals surface area contributed by atoms with Gasteiger partial charge in [0, 0.05) is 12.6 Å². The lowest BCUT2D eigenvalue weighted by atomic mass is 10.1. The number of hydrogen-bond donors (Lipinski definition) is 2. The van der Waals surface area contributed by atoms with Gasteiger partial charge in [0.25, 0.3) is 0 Å². The average Bonchev–Trinajstić information content (AvgIpc) is 3.04. The number of thioether (sulfide) groups is 1. The molecule has 0 saturated carbocycles. The van der Waals surface area contributed by atoms with E-state index in [0.29, 0.717) is 10.8 Å². The van der Waals surface area contributed by atoms with Crippen molar-refractivity contribution in [1.29, 1.82) is 0 Å². The van der Waals surface area contributed by atoms with E-state index in [4.69, 9.17) is 0 Å². The third-order valence-corrected chi connectivity index (χ3v) is 5.22. The topological polar surface area (TPSA) is 88.9 Å². The number of aryl methyl sites for hydroxylation is 3. The van der Waals surface area contributed by atoms with Crippen molar-refractivity contribution in [3.63, 3.8) is 0 Å². The van der Waals surface area contributed by atoms with E-state index in [1.165, 1.54) is 36.9 Å². The summed E-state index contributed by atoms with van der Waals surface area (Å²) in [7, 11) is 0. The summed E-state index contributed by atoms with van der Waals surface area (Å²) in [6, 6.07) is 10.1. The Bertz CT molecular complexity index is 1110. The van der Waals surface area contributed by atoms with Gasteiger partial charge in [-0.05, 0) is 56.2 Å². The molecule has 30 heavy (non-hydrogen) atoms. The minimum atomic E-state index is -0.574. The number of rotatable bonds is 6. The van der Waals surface area contributed by atoms with E-state index < -0.39 is 11.7 Å². The van der Waals surface area contributed by atoms with E-state index in [1.54, 1.807) is 0 Å². The molecule has 0 saturated heterocycles. The summed E-state index contributed by atoms with van der Waals surface area (Å²) in [6.07, 6.45) is 0. The molecule has 0 aliphatic heterocycles. The van der Waals surface area contributed by atoms with Gasteiger partial charge < -0.3 is 10.6 Å². The summed E-state index contributed by atoms with van der Waals surface area (Å²) in [5.41, 5.74) is 3.56. The van der Waals surface area contributed by atoms with E-state index in [-0.39, 0.29) is 17.3 Å². The first-order valence-electron chi connectivity index (χ1n) is 9.24. The standard InChI is InChI=1S/C21H22FN5O2S/c1-12-5-6-13(2)19(9-12)27-14(3)25-26-21(27)30-11-20(29)24-16-7-8-17(22)18(10-16)23-15(4)28/h5-10H,11H2,1-4H3,(H,23,28)(H,24,29). The van der Waals surface area contributed by atoms with Gasteiger partial charge in [-0.25, -0.2) is 4.39 Å². The van der Waals surface area contributed by atoms with Crippen molar-refractivity contribution in [3.05, 3.63) is 59.2 Å². The lowest BCUT2D eigenvalue weighted by Crippen LogP contribution is -2.15. The third-order valence-electron chi connectivity index (χ3n) is 4.29. The maximum atomic E-state index is 13.8. The maximum Gasteiger partial charge on any atom is 0.234 e. The van der Waals surface area contributed by atoms with Crippen LogP contribution in [0.15, 0.2) is 41.6 Å². The van der Waals surface area contributed by atoms with Gasteiger partial charge in [-0.1, -0.05) is 23.9 Å². The monoisotopic (exact) mass is 427 g/mol. The number of carbonyl (C=O) groups excluding carboxylic acids is 2. The van der Waals surface area contributed by atoms with Gasteiger partial charge in [-0.3, -0.25) is 14.2 Å². The first-order valence-corrected chi connectivity index (χ1v) is 10.2. The van der Waals surface area contributed by atoms with Crippen LogP contribution in [0.2, 0.25) is 0 Å². The van der Waals surface area contributed by atoms with Gasteiger partial charge in [-0.2, -0.15) is 0 Å². The number of carbonyl (C=O) groups is 2. The number of nitrogens with one attached hydrogen (secondary N) is 2. The molecule has 3 rings (SSSR count). The molecule has 7 nitrogen and oxygen atoms in total. The molecule has 0 fully saturated rings. The molecule has 0 unspecified atom stereocenters. The van der Waals surface area contributed by atoms with Crippen LogP contribution in [0.5, 0.6) is 0 Å². The van der Waals surface area contributed by atoms with Gasteiger partial charge in [0.2, 0.25) is 11.8 Å². The van der Waals surface area contributed by atoms with Crippen LogP contribution in [0.4, 0.5) is 15.8 Å². The van der Waals surface area contributed by atoms with Gasteiger partial charge in [-0.15, -0.1) is 10.2 Å². The van der Waals surface area contributed by atoms with E-state index >= 15 is 0 Å². The van der Waals surface area contributed by atoms with Crippen LogP contribution >= 0.6 is 11.8 Å². The maximum absolute atomic E-state index is 13.8. The zero-order chi connectivity index (χ0) is 21.8. The molecule has 0 radical (unpaired) electrons. The van der Waals surface area contributed by atoms with Crippen molar-refractivity contribution in [2.24, 2.45) is 0 Å². The van der Waals surface area contributed by atoms with Gasteiger partial charge >= 0.3 is 0 Å². The number of amides is 2. The molecule has 1 aromatic heterocycles. The zero-order valence-electron chi connectivity index (χ0n) is 17.1. The predicted octanol–water partition coefficient (Wildman–Crippen LogP) is 4.02. The molecule has 2 amide bonds. The SMILES string of the molecule is CC(=O)Nc1cc(NC(=O)CSc2nnc(C)n2-c2cc(C)ccc2C)ccc1F. The first-order chi connectivity index (χ1) is 14.2. The normalized spacial score (nSPS) is 10.7. The van der Waals surface area contributed by atoms with E-state index in [9.17, 15) is 14.0 Å². The Balaban J connectivity index is 1.72. The molecule has 9 heteroatoms. The summed E-state index contributed by atoms with van der Waals surface area (Å²) in [6.45, 7) is 7.17. The molecule has 0 spiro atoms. The predicted molar refractivity (Wildman–Crippen MR) is 116 cm³/mol. The molecule has 0 aliphatic carbocycles. The minimum Gasteiger partial charge on any atom is -0.325 e. The molecule has 0 atom stereocenters. The summed E-state index contributed by atoms with van der Waals surface area (Å²) in [5.74, 6) is -0.432. The molecule has 2 aromatic carbocycles. The van der Waals surface area contributed by atoms with Crippen molar-refractivity contribution >= 4 is 35.0 Å². The third kappa shape index (κ3) is 5.04. The van der Waals surface area contributed by atoms with Crippen LogP contribution in [0, 0.1) is 26.6 Å². The molecule has 3 aromatic rings. The highest BCUT2D eigenvalue weighted by Gasteiger charge is 2.15. The highest BCUT2D eigenvalue weighted by Crippen LogP contribution is 2.25. The molecular weight excluding hydrogens is 405 g/mol. The smallest absolute Gasteiger partial charge is 0.234 e. The number of halogens is 1. The summed E-state index contributed by atoms with van der Waals surface area (Å²) < 4.78 is 15.7. The lowest BCUT2D eigenvalue weighted by Gasteiger charge is -2.12. The Morgan fingerprint density at radius 1 is 1.07 bits per heavy atom. The molecule has 2 N–H and O–H groups in total. The summed E-state index contributed by atoms with van der Waals surface area (Å²) in [5, 5.41) is 14.1. The fourth-order valence-corrected chi connectivity index (χ4v) is 3.68. The average molecular weight is 428 g/mol. The van der Waals surface area contributed by atoms with Crippen LogP contribution < -0.4 is 10.6 Å². The van der Waals surface area contributed by atoms with Crippen molar-refractivity contribution in [2.75, 3.05) is 16.4 Å². The Kier molecular flexibility index (Phi) is 6.51. The number of nitrogens with zero attached hydrogens (tertiary/aromatic N) is 3. The quantitative estimate of drug-likeness (QED) is 0.580. The van der Waals surface area contributed by atoms with Crippen molar-refractivity contribution in [2.45, 2.75) is 32.9 Å². The van der Waals surface area contributed by atoms with Gasteiger partial charge in [0.15, 0.2) is 5.16 Å². The highest BCUT2D eigenvalue weighted by atomic mass is 32.2. The number of hydrogen-bond acceptors (Lipinski definition) is 5. The van der Waals surface area contributed by atoms with Gasteiger partial charge in [0.05, 0.1) is 17.1 Å².